The van der Waals surface area contributed by atoms with E-state index in [1.807, 2.05) is 17.2 Å². The van der Waals surface area contributed by atoms with Crippen molar-refractivity contribution < 1.29 is 13.2 Å². The van der Waals surface area contributed by atoms with Crippen molar-refractivity contribution in [2.45, 2.75) is 44.4 Å². The molecular formula is C20H28N4O3S. The molecule has 0 unspecified atom stereocenters. The van der Waals surface area contributed by atoms with E-state index in [1.165, 1.54) is 19.1 Å². The van der Waals surface area contributed by atoms with Crippen molar-refractivity contribution in [2.75, 3.05) is 32.4 Å². The van der Waals surface area contributed by atoms with Gasteiger partial charge in [-0.1, -0.05) is 12.8 Å². The minimum atomic E-state index is -3.12. The van der Waals surface area contributed by atoms with Crippen LogP contribution < -0.4 is 0 Å². The van der Waals surface area contributed by atoms with Gasteiger partial charge in [0.1, 0.15) is 0 Å². The highest BCUT2D eigenvalue weighted by Crippen LogP contribution is 2.30. The molecule has 8 heteroatoms. The van der Waals surface area contributed by atoms with Crippen LogP contribution in [0.5, 0.6) is 0 Å². The van der Waals surface area contributed by atoms with Gasteiger partial charge in [0.05, 0.1) is 23.5 Å². The first-order valence-electron chi connectivity index (χ1n) is 10.2. The smallest absolute Gasteiger partial charge is 0.257 e. The quantitative estimate of drug-likeness (QED) is 0.788. The fourth-order valence-electron chi connectivity index (χ4n) is 4.38. The van der Waals surface area contributed by atoms with Crippen LogP contribution in [0.25, 0.3) is 5.52 Å². The zero-order valence-corrected chi connectivity index (χ0v) is 17.2. The zero-order valence-electron chi connectivity index (χ0n) is 16.4. The maximum atomic E-state index is 13.1. The van der Waals surface area contributed by atoms with Crippen LogP contribution in [0.1, 0.15) is 60.4 Å². The summed E-state index contributed by atoms with van der Waals surface area (Å²) in [5.74, 6) is 0.375. The molecule has 0 N–H and O–H groups in total. The van der Waals surface area contributed by atoms with Crippen LogP contribution in [0.2, 0.25) is 0 Å². The van der Waals surface area contributed by atoms with E-state index < -0.39 is 10.0 Å². The Morgan fingerprint density at radius 3 is 2.39 bits per heavy atom. The second-order valence-electron chi connectivity index (χ2n) is 7.99. The maximum Gasteiger partial charge on any atom is 0.257 e. The molecule has 2 aliphatic heterocycles. The number of carbonyl (C=O) groups is 1. The van der Waals surface area contributed by atoms with Crippen molar-refractivity contribution in [3.8, 4) is 0 Å². The van der Waals surface area contributed by atoms with Crippen LogP contribution in [0.4, 0.5) is 0 Å². The van der Waals surface area contributed by atoms with Crippen molar-refractivity contribution >= 4 is 21.4 Å². The molecule has 0 atom stereocenters. The first kappa shape index (κ1) is 19.4. The molecule has 0 spiro atoms. The average molecular weight is 405 g/mol. The van der Waals surface area contributed by atoms with E-state index in [1.54, 1.807) is 15.0 Å². The lowest BCUT2D eigenvalue weighted by molar-refractivity contribution is 0.0763. The van der Waals surface area contributed by atoms with Gasteiger partial charge in [-0.25, -0.2) is 17.2 Å². The molecule has 2 aromatic heterocycles. The number of amides is 1. The molecule has 0 radical (unpaired) electrons. The van der Waals surface area contributed by atoms with Gasteiger partial charge >= 0.3 is 0 Å². The van der Waals surface area contributed by atoms with Crippen molar-refractivity contribution in [1.82, 2.24) is 18.8 Å². The number of nitrogens with zero attached hydrogens (tertiary/aromatic N) is 4. The van der Waals surface area contributed by atoms with Crippen LogP contribution in [-0.4, -0.2) is 65.6 Å². The van der Waals surface area contributed by atoms with Crippen molar-refractivity contribution in [3.05, 3.63) is 35.7 Å². The second kappa shape index (κ2) is 7.83. The Kier molecular flexibility index (Phi) is 5.42. The normalized spacial score (nSPS) is 20.4. The van der Waals surface area contributed by atoms with Gasteiger partial charge in [0.2, 0.25) is 10.0 Å². The summed E-state index contributed by atoms with van der Waals surface area (Å²) >= 11 is 0. The molecule has 0 aromatic carbocycles. The number of fused-ring (bicyclic) bond motifs is 1. The minimum Gasteiger partial charge on any atom is -0.339 e. The lowest BCUT2D eigenvalue weighted by Crippen LogP contribution is -2.37. The third-order valence-corrected chi connectivity index (χ3v) is 7.37. The van der Waals surface area contributed by atoms with Crippen LogP contribution in [0, 0.1) is 0 Å². The van der Waals surface area contributed by atoms with Crippen LogP contribution in [0.15, 0.2) is 24.5 Å². The first-order chi connectivity index (χ1) is 13.4. The van der Waals surface area contributed by atoms with Gasteiger partial charge in [-0.15, -0.1) is 0 Å². The summed E-state index contributed by atoms with van der Waals surface area (Å²) in [6.07, 6.45) is 11.0. The van der Waals surface area contributed by atoms with Gasteiger partial charge in [0, 0.05) is 32.4 Å². The number of piperidine rings is 1. The molecular weight excluding hydrogens is 376 g/mol. The number of hydrogen-bond donors (Lipinski definition) is 0. The number of carbonyl (C=O) groups excluding carboxylic acids is 1. The van der Waals surface area contributed by atoms with E-state index in [-0.39, 0.29) is 5.91 Å². The number of rotatable bonds is 3. The van der Waals surface area contributed by atoms with Crippen LogP contribution >= 0.6 is 0 Å². The molecule has 2 aromatic rings. The summed E-state index contributed by atoms with van der Waals surface area (Å²) in [4.78, 5) is 15.0. The average Bonchev–Trinajstić information content (AvgIpc) is 2.91. The standard InChI is InChI=1S/C20H28N4O3S/c1-28(26,27)23-11-6-16(7-12-23)17-8-13-24-19(14-17)18(15-21-24)20(25)22-9-4-2-3-5-10-22/h8,13-16H,2-7,9-12H2,1H3. The second-order valence-corrected chi connectivity index (χ2v) is 9.97. The van der Waals surface area contributed by atoms with Crippen LogP contribution in [-0.2, 0) is 10.0 Å². The molecule has 152 valence electrons. The lowest BCUT2D eigenvalue weighted by atomic mass is 9.90. The van der Waals surface area contributed by atoms with E-state index in [9.17, 15) is 13.2 Å². The van der Waals surface area contributed by atoms with E-state index in [0.717, 1.165) is 49.9 Å². The summed E-state index contributed by atoms with van der Waals surface area (Å²) in [5.41, 5.74) is 2.67. The molecule has 1 amide bonds. The Bertz CT molecular complexity index is 953. The summed E-state index contributed by atoms with van der Waals surface area (Å²) in [7, 11) is -3.12. The van der Waals surface area contributed by atoms with Gasteiger partial charge < -0.3 is 4.90 Å². The third-order valence-electron chi connectivity index (χ3n) is 6.06. The highest BCUT2D eigenvalue weighted by Gasteiger charge is 2.27. The topological polar surface area (TPSA) is 75.0 Å². The highest BCUT2D eigenvalue weighted by atomic mass is 32.2. The predicted molar refractivity (Wildman–Crippen MR) is 108 cm³/mol. The van der Waals surface area contributed by atoms with E-state index >= 15 is 0 Å². The SMILES string of the molecule is CS(=O)(=O)N1CCC(c2ccn3ncc(C(=O)N4CCCCCC4)c3c2)CC1. The van der Waals surface area contributed by atoms with Crippen molar-refractivity contribution in [2.24, 2.45) is 0 Å². The number of hydrogen-bond acceptors (Lipinski definition) is 4. The molecule has 2 saturated heterocycles. The van der Waals surface area contributed by atoms with E-state index in [0.29, 0.717) is 24.6 Å². The molecule has 7 nitrogen and oxygen atoms in total. The molecule has 4 heterocycles. The minimum absolute atomic E-state index is 0.0703. The molecule has 0 bridgehead atoms. The van der Waals surface area contributed by atoms with Gasteiger partial charge in [-0.2, -0.15) is 5.10 Å². The number of sulfonamides is 1. The summed E-state index contributed by atoms with van der Waals surface area (Å²) in [6.45, 7) is 2.74. The maximum absolute atomic E-state index is 13.1. The van der Waals surface area contributed by atoms with E-state index in [2.05, 4.69) is 11.2 Å². The number of likely N-dealkylation sites (tertiary alicyclic amines) is 1. The zero-order chi connectivity index (χ0) is 19.7. The Hall–Kier alpha value is -1.93. The Morgan fingerprint density at radius 2 is 1.75 bits per heavy atom. The summed E-state index contributed by atoms with van der Waals surface area (Å²) < 4.78 is 26.8. The van der Waals surface area contributed by atoms with Crippen molar-refractivity contribution in [3.63, 3.8) is 0 Å². The summed E-state index contributed by atoms with van der Waals surface area (Å²) in [6, 6.07) is 4.11. The predicted octanol–water partition coefficient (Wildman–Crippen LogP) is 2.49. The lowest BCUT2D eigenvalue weighted by Gasteiger charge is -2.30. The highest BCUT2D eigenvalue weighted by molar-refractivity contribution is 7.88. The van der Waals surface area contributed by atoms with Crippen LogP contribution in [0.3, 0.4) is 0 Å². The number of aromatic nitrogens is 2. The van der Waals surface area contributed by atoms with Gasteiger partial charge in [-0.3, -0.25) is 4.79 Å². The molecule has 0 aliphatic carbocycles. The fraction of sp³-hybridized carbons (Fsp3) is 0.600. The van der Waals surface area contributed by atoms with Gasteiger partial charge in [-0.05, 0) is 49.3 Å². The third kappa shape index (κ3) is 3.93. The van der Waals surface area contributed by atoms with E-state index in [4.69, 9.17) is 0 Å². The Labute approximate surface area is 166 Å². The Morgan fingerprint density at radius 1 is 1.07 bits per heavy atom. The molecule has 2 fully saturated rings. The first-order valence-corrected chi connectivity index (χ1v) is 12.0. The van der Waals surface area contributed by atoms with Gasteiger partial charge in [0.15, 0.2) is 0 Å². The Balaban J connectivity index is 1.56. The molecule has 2 aliphatic rings. The van der Waals surface area contributed by atoms with Crippen molar-refractivity contribution in [1.29, 1.82) is 0 Å². The fourth-order valence-corrected chi connectivity index (χ4v) is 5.25. The molecule has 28 heavy (non-hydrogen) atoms. The number of pyridine rings is 1. The summed E-state index contributed by atoms with van der Waals surface area (Å²) in [5, 5.41) is 4.37. The largest absolute Gasteiger partial charge is 0.339 e. The molecule has 4 rings (SSSR count). The monoisotopic (exact) mass is 404 g/mol. The van der Waals surface area contributed by atoms with Gasteiger partial charge in [0.25, 0.3) is 5.91 Å². The molecule has 0 saturated carbocycles.